The van der Waals surface area contributed by atoms with E-state index >= 15 is 0 Å². The fourth-order valence-electron chi connectivity index (χ4n) is 0.940. The summed E-state index contributed by atoms with van der Waals surface area (Å²) in [5.41, 5.74) is 5.63. The van der Waals surface area contributed by atoms with Crippen LogP contribution in [0.2, 0.25) is 0 Å². The van der Waals surface area contributed by atoms with Crippen molar-refractivity contribution < 1.29 is 4.79 Å². The number of nitrogens with two attached hydrogens (primary N) is 1. The van der Waals surface area contributed by atoms with Crippen LogP contribution in [0.5, 0.6) is 0 Å². The van der Waals surface area contributed by atoms with E-state index in [0.717, 1.165) is 6.42 Å². The fraction of sp³-hybridized carbons (Fsp3) is 0.875. The van der Waals surface area contributed by atoms with Crippen LogP contribution in [0, 0.1) is 5.92 Å². The van der Waals surface area contributed by atoms with Crippen molar-refractivity contribution in [3.8, 4) is 0 Å². The maximum atomic E-state index is 11.2. The summed E-state index contributed by atoms with van der Waals surface area (Å²) in [6.07, 6.45) is 0.761. The van der Waals surface area contributed by atoms with E-state index in [1.807, 2.05) is 0 Å². The zero-order valence-corrected chi connectivity index (χ0v) is 9.02. The smallest absolute Gasteiger partial charge is 0.238 e. The van der Waals surface area contributed by atoms with Crippen molar-refractivity contribution in [1.82, 2.24) is 4.90 Å². The van der Waals surface area contributed by atoms with E-state index in [9.17, 15) is 4.79 Å². The third-order valence-corrected chi connectivity index (χ3v) is 1.48. The maximum Gasteiger partial charge on any atom is 0.238 e. The van der Waals surface area contributed by atoms with Gasteiger partial charge in [0.15, 0.2) is 0 Å². The highest BCUT2D eigenvalue weighted by atomic mass is 35.5. The lowest BCUT2D eigenvalue weighted by atomic mass is 10.0. The van der Waals surface area contributed by atoms with E-state index < -0.39 is 0 Å². The number of rotatable bonds is 3. The highest BCUT2D eigenvalue weighted by Crippen LogP contribution is 2.03. The number of carbonyl (C=O) groups excluding carboxylic acids is 1. The van der Waals surface area contributed by atoms with Crippen LogP contribution in [-0.2, 0) is 4.79 Å². The standard InChI is InChI=1S/C8H18N2O.ClH/c1-6(2)5-7(9)8(11)10(3)4;/h6-7H,5,9H2,1-4H3;1H. The molecule has 2 N–H and O–H groups in total. The molecule has 0 aliphatic rings. The van der Waals surface area contributed by atoms with Crippen molar-refractivity contribution >= 4 is 18.3 Å². The van der Waals surface area contributed by atoms with Crippen LogP contribution in [0.25, 0.3) is 0 Å². The van der Waals surface area contributed by atoms with E-state index in [1.165, 1.54) is 4.90 Å². The first-order chi connectivity index (χ1) is 4.95. The topological polar surface area (TPSA) is 46.3 Å². The Morgan fingerprint density at radius 2 is 1.83 bits per heavy atom. The summed E-state index contributed by atoms with van der Waals surface area (Å²) in [7, 11) is 3.45. The Balaban J connectivity index is 0. The van der Waals surface area contributed by atoms with Gasteiger partial charge in [0.1, 0.15) is 0 Å². The lowest BCUT2D eigenvalue weighted by Crippen LogP contribution is -2.40. The molecular weight excluding hydrogens is 176 g/mol. The van der Waals surface area contributed by atoms with Crippen LogP contribution in [-0.4, -0.2) is 30.9 Å². The zero-order valence-electron chi connectivity index (χ0n) is 8.20. The molecule has 0 spiro atoms. The molecule has 0 bridgehead atoms. The average molecular weight is 195 g/mol. The number of nitrogens with zero attached hydrogens (tertiary/aromatic N) is 1. The lowest BCUT2D eigenvalue weighted by Gasteiger charge is -2.17. The van der Waals surface area contributed by atoms with Gasteiger partial charge in [-0.2, -0.15) is 0 Å². The molecule has 0 aromatic carbocycles. The molecule has 4 heteroatoms. The summed E-state index contributed by atoms with van der Waals surface area (Å²) < 4.78 is 0. The largest absolute Gasteiger partial charge is 0.347 e. The van der Waals surface area contributed by atoms with E-state index in [1.54, 1.807) is 14.1 Å². The SMILES string of the molecule is CC(C)CC(N)C(=O)N(C)C.Cl. The Kier molecular flexibility index (Phi) is 7.44. The summed E-state index contributed by atoms with van der Waals surface area (Å²) in [6.45, 7) is 4.12. The summed E-state index contributed by atoms with van der Waals surface area (Å²) in [5.74, 6) is 0.493. The van der Waals surface area contributed by atoms with Crippen LogP contribution in [0.15, 0.2) is 0 Å². The van der Waals surface area contributed by atoms with E-state index in [0.29, 0.717) is 5.92 Å². The number of carbonyl (C=O) groups is 1. The average Bonchev–Trinajstić information content (AvgIpc) is 1.84. The Bertz CT molecular complexity index is 137. The third-order valence-electron chi connectivity index (χ3n) is 1.48. The van der Waals surface area contributed by atoms with Crippen LogP contribution in [0.1, 0.15) is 20.3 Å². The van der Waals surface area contributed by atoms with Crippen molar-refractivity contribution in [2.45, 2.75) is 26.3 Å². The minimum absolute atomic E-state index is 0. The molecule has 0 aliphatic carbocycles. The van der Waals surface area contributed by atoms with Crippen molar-refractivity contribution in [2.24, 2.45) is 11.7 Å². The molecule has 0 heterocycles. The molecule has 0 rings (SSSR count). The molecular formula is C8H19ClN2O. The minimum Gasteiger partial charge on any atom is -0.347 e. The number of hydrogen-bond donors (Lipinski definition) is 1. The Morgan fingerprint density at radius 1 is 1.42 bits per heavy atom. The highest BCUT2D eigenvalue weighted by molar-refractivity contribution is 5.85. The second-order valence-corrected chi connectivity index (χ2v) is 3.47. The van der Waals surface area contributed by atoms with E-state index in [4.69, 9.17) is 5.73 Å². The fourth-order valence-corrected chi connectivity index (χ4v) is 0.940. The van der Waals surface area contributed by atoms with Crippen LogP contribution >= 0.6 is 12.4 Å². The molecule has 12 heavy (non-hydrogen) atoms. The van der Waals surface area contributed by atoms with Gasteiger partial charge in [0.25, 0.3) is 0 Å². The first-order valence-corrected chi connectivity index (χ1v) is 3.92. The molecule has 74 valence electrons. The predicted molar refractivity (Wildman–Crippen MR) is 53.4 cm³/mol. The number of likely N-dealkylation sites (N-methyl/N-ethyl adjacent to an activating group) is 1. The van der Waals surface area contributed by atoms with Gasteiger partial charge < -0.3 is 10.6 Å². The number of halogens is 1. The molecule has 1 amide bonds. The monoisotopic (exact) mass is 194 g/mol. The quantitative estimate of drug-likeness (QED) is 0.725. The van der Waals surface area contributed by atoms with Crippen molar-refractivity contribution in [3.05, 3.63) is 0 Å². The molecule has 0 aromatic rings. The van der Waals surface area contributed by atoms with Gasteiger partial charge in [0.2, 0.25) is 5.91 Å². The third kappa shape index (κ3) is 5.38. The zero-order chi connectivity index (χ0) is 9.02. The molecule has 1 unspecified atom stereocenters. The molecule has 0 saturated heterocycles. The van der Waals surface area contributed by atoms with Crippen molar-refractivity contribution in [1.29, 1.82) is 0 Å². The van der Waals surface area contributed by atoms with E-state index in [-0.39, 0.29) is 24.4 Å². The summed E-state index contributed by atoms with van der Waals surface area (Å²) in [6, 6.07) is -0.329. The normalized spacial score (nSPS) is 12.2. The van der Waals surface area contributed by atoms with E-state index in [2.05, 4.69) is 13.8 Å². The molecule has 0 aromatic heterocycles. The van der Waals surface area contributed by atoms with Crippen LogP contribution in [0.4, 0.5) is 0 Å². The molecule has 0 fully saturated rings. The predicted octanol–water partition coefficient (Wildman–Crippen LogP) is 0.870. The molecule has 0 aliphatic heterocycles. The summed E-state index contributed by atoms with van der Waals surface area (Å²) in [5, 5.41) is 0. The first-order valence-electron chi connectivity index (χ1n) is 3.92. The number of amides is 1. The van der Waals surface area contributed by atoms with Gasteiger partial charge >= 0.3 is 0 Å². The molecule has 0 saturated carbocycles. The van der Waals surface area contributed by atoms with Gasteiger partial charge in [0.05, 0.1) is 6.04 Å². The summed E-state index contributed by atoms with van der Waals surface area (Å²) in [4.78, 5) is 12.7. The van der Waals surface area contributed by atoms with Gasteiger partial charge in [-0.1, -0.05) is 13.8 Å². The molecule has 3 nitrogen and oxygen atoms in total. The van der Waals surface area contributed by atoms with Gasteiger partial charge in [0, 0.05) is 14.1 Å². The second-order valence-electron chi connectivity index (χ2n) is 3.47. The van der Waals surface area contributed by atoms with Crippen molar-refractivity contribution in [2.75, 3.05) is 14.1 Å². The van der Waals surface area contributed by atoms with Gasteiger partial charge in [-0.05, 0) is 12.3 Å². The Morgan fingerprint density at radius 3 is 2.08 bits per heavy atom. The Hall–Kier alpha value is -0.280. The molecule has 1 atom stereocenters. The summed E-state index contributed by atoms with van der Waals surface area (Å²) >= 11 is 0. The Labute approximate surface area is 80.7 Å². The maximum absolute atomic E-state index is 11.2. The van der Waals surface area contributed by atoms with Gasteiger partial charge in [-0.15, -0.1) is 12.4 Å². The first kappa shape index (κ1) is 14.3. The van der Waals surface area contributed by atoms with Crippen LogP contribution < -0.4 is 5.73 Å². The second kappa shape index (κ2) is 6.26. The molecule has 0 radical (unpaired) electrons. The van der Waals surface area contributed by atoms with Crippen LogP contribution in [0.3, 0.4) is 0 Å². The highest BCUT2D eigenvalue weighted by Gasteiger charge is 2.15. The lowest BCUT2D eigenvalue weighted by molar-refractivity contribution is -0.130. The van der Waals surface area contributed by atoms with Gasteiger partial charge in [-0.25, -0.2) is 0 Å². The van der Waals surface area contributed by atoms with Crippen molar-refractivity contribution in [3.63, 3.8) is 0 Å². The van der Waals surface area contributed by atoms with Gasteiger partial charge in [-0.3, -0.25) is 4.79 Å². The number of hydrogen-bond acceptors (Lipinski definition) is 2. The minimum atomic E-state index is -0.329.